The summed E-state index contributed by atoms with van der Waals surface area (Å²) >= 11 is 4.45. The first-order valence-electron chi connectivity index (χ1n) is 10.4. The molecule has 0 saturated carbocycles. The van der Waals surface area contributed by atoms with E-state index in [0.29, 0.717) is 5.75 Å². The maximum absolute atomic E-state index is 12.8. The summed E-state index contributed by atoms with van der Waals surface area (Å²) in [7, 11) is 0. The van der Waals surface area contributed by atoms with Gasteiger partial charge in [-0.25, -0.2) is 4.98 Å². The molecule has 3 aromatic rings. The first-order valence-corrected chi connectivity index (χ1v) is 13.1. The molecular formula is C23H20N3NaO4S3. The summed E-state index contributed by atoms with van der Waals surface area (Å²) in [5.74, 6) is -1.47. The van der Waals surface area contributed by atoms with Crippen LogP contribution < -0.4 is 40.0 Å². The fourth-order valence-corrected chi connectivity index (χ4v) is 8.36. The van der Waals surface area contributed by atoms with Gasteiger partial charge in [-0.3, -0.25) is 9.59 Å². The molecule has 0 aliphatic carbocycles. The number of benzene rings is 2. The molecule has 2 aromatic carbocycles. The van der Waals surface area contributed by atoms with Gasteiger partial charge >= 0.3 is 29.6 Å². The third-order valence-corrected chi connectivity index (χ3v) is 10.2. The minimum atomic E-state index is -1.28. The first-order chi connectivity index (χ1) is 15.9. The van der Waals surface area contributed by atoms with Crippen molar-refractivity contribution in [3.63, 3.8) is 0 Å². The number of carbonyl (C=O) groups excluding carboxylic acids is 3. The second-order valence-corrected chi connectivity index (χ2v) is 12.1. The number of thiazole rings is 1. The van der Waals surface area contributed by atoms with Crippen LogP contribution in [0.15, 0.2) is 58.9 Å². The number of aliphatic carboxylic acids is 1. The van der Waals surface area contributed by atoms with E-state index in [1.807, 2.05) is 61.5 Å². The largest absolute Gasteiger partial charge is 1.00 e. The molecule has 2 fully saturated rings. The van der Waals surface area contributed by atoms with Gasteiger partial charge in [0.15, 0.2) is 4.34 Å². The topological polar surface area (TPSA) is 102 Å². The van der Waals surface area contributed by atoms with E-state index in [4.69, 9.17) is 0 Å². The average molecular weight is 522 g/mol. The number of aromatic nitrogens is 1. The van der Waals surface area contributed by atoms with E-state index in [1.165, 1.54) is 28.4 Å². The van der Waals surface area contributed by atoms with Gasteiger partial charge in [0.25, 0.3) is 0 Å². The molecule has 3 unspecified atom stereocenters. The molecule has 2 aliphatic rings. The molecule has 2 amide bonds. The van der Waals surface area contributed by atoms with Gasteiger partial charge in [0.05, 0.1) is 33.4 Å². The number of rotatable bonds is 7. The Labute approximate surface area is 231 Å². The van der Waals surface area contributed by atoms with Gasteiger partial charge in [0.2, 0.25) is 11.8 Å². The molecule has 11 heteroatoms. The van der Waals surface area contributed by atoms with Crippen molar-refractivity contribution < 1.29 is 49.0 Å². The van der Waals surface area contributed by atoms with Crippen LogP contribution in [0.25, 0.3) is 10.2 Å². The molecule has 34 heavy (non-hydrogen) atoms. The van der Waals surface area contributed by atoms with Crippen LogP contribution in [0.3, 0.4) is 0 Å². The van der Waals surface area contributed by atoms with E-state index in [0.717, 1.165) is 20.1 Å². The monoisotopic (exact) mass is 521 g/mol. The molecule has 2 aliphatic heterocycles. The molecule has 5 rings (SSSR count). The molecule has 0 bridgehead atoms. The van der Waals surface area contributed by atoms with Crippen LogP contribution >= 0.6 is 34.9 Å². The number of thioether (sulfide) groups is 2. The molecule has 2 saturated heterocycles. The summed E-state index contributed by atoms with van der Waals surface area (Å²) < 4.78 is 1.14. The number of carboxylic acid groups (broad SMARTS) is 1. The molecule has 3 heterocycles. The minimum Gasteiger partial charge on any atom is -0.548 e. The third kappa shape index (κ3) is 4.76. The predicted octanol–water partition coefficient (Wildman–Crippen LogP) is -1.09. The van der Waals surface area contributed by atoms with Crippen LogP contribution in [-0.4, -0.2) is 55.6 Å². The Morgan fingerprint density at radius 3 is 2.59 bits per heavy atom. The van der Waals surface area contributed by atoms with Crippen LogP contribution in [0.1, 0.15) is 12.5 Å². The van der Waals surface area contributed by atoms with Crippen molar-refractivity contribution in [3.8, 4) is 0 Å². The Kier molecular flexibility index (Phi) is 7.66. The van der Waals surface area contributed by atoms with Crippen molar-refractivity contribution in [2.75, 3.05) is 5.75 Å². The molecule has 0 spiro atoms. The SMILES string of the molecule is CC1(CSc2nc3ccccc3s2)S[C@@H]2C(NC(=O)Cc3ccccc3)C(=O)N2C1C(=O)[O-].[Na+]. The molecule has 4 atom stereocenters. The van der Waals surface area contributed by atoms with Crippen LogP contribution in [0.2, 0.25) is 0 Å². The quantitative estimate of drug-likeness (QED) is 0.240. The zero-order chi connectivity index (χ0) is 23.2. The Morgan fingerprint density at radius 1 is 1.18 bits per heavy atom. The summed E-state index contributed by atoms with van der Waals surface area (Å²) in [6, 6.07) is 15.3. The fraction of sp³-hybridized carbons (Fsp3) is 0.304. The maximum Gasteiger partial charge on any atom is 1.00 e. The van der Waals surface area contributed by atoms with Crippen LogP contribution in [0.5, 0.6) is 0 Å². The number of fused-ring (bicyclic) bond motifs is 2. The van der Waals surface area contributed by atoms with E-state index in [-0.39, 0.29) is 47.8 Å². The number of hydrogen-bond donors (Lipinski definition) is 1. The molecule has 0 radical (unpaired) electrons. The summed E-state index contributed by atoms with van der Waals surface area (Å²) in [5.41, 5.74) is 1.76. The fourth-order valence-electron chi connectivity index (χ4n) is 4.25. The second kappa shape index (κ2) is 10.2. The van der Waals surface area contributed by atoms with E-state index < -0.39 is 28.2 Å². The number of hydrogen-bond acceptors (Lipinski definition) is 8. The summed E-state index contributed by atoms with van der Waals surface area (Å²) in [4.78, 5) is 43.3. The van der Waals surface area contributed by atoms with Crippen molar-refractivity contribution >= 4 is 62.9 Å². The van der Waals surface area contributed by atoms with Crippen LogP contribution in [0.4, 0.5) is 0 Å². The van der Waals surface area contributed by atoms with Gasteiger partial charge < -0.3 is 20.1 Å². The van der Waals surface area contributed by atoms with Gasteiger partial charge in [-0.05, 0) is 24.6 Å². The standard InChI is InChI=1S/C23H21N3O4S3.Na/c1-23(12-31-22-24-14-9-5-6-10-15(14)32-22)18(21(29)30)26-19(28)17(20(26)33-23)25-16(27)11-13-7-3-2-4-8-13;/h2-10,17-18,20H,11-12H2,1H3,(H,25,27)(H,29,30);/q;+1/p-1/t17?,18?,20-,23?;/m1./s1. The van der Waals surface area contributed by atoms with Gasteiger partial charge in [-0.1, -0.05) is 54.2 Å². The molecule has 7 nitrogen and oxygen atoms in total. The molecule has 1 aromatic heterocycles. The Morgan fingerprint density at radius 2 is 1.88 bits per heavy atom. The number of carboxylic acids is 1. The van der Waals surface area contributed by atoms with Crippen molar-refractivity contribution in [2.45, 2.75) is 39.9 Å². The smallest absolute Gasteiger partial charge is 0.548 e. The molecular weight excluding hydrogens is 501 g/mol. The van der Waals surface area contributed by atoms with E-state index in [1.54, 1.807) is 11.3 Å². The van der Waals surface area contributed by atoms with E-state index in [9.17, 15) is 19.5 Å². The summed E-state index contributed by atoms with van der Waals surface area (Å²) in [6.07, 6.45) is 0.163. The van der Waals surface area contributed by atoms with Crippen LogP contribution in [-0.2, 0) is 20.8 Å². The number of β-lactam (4-membered cyclic amide) rings is 1. The number of nitrogens with zero attached hydrogens (tertiary/aromatic N) is 2. The second-order valence-electron chi connectivity index (χ2n) is 8.23. The molecule has 1 N–H and O–H groups in total. The first kappa shape index (κ1) is 25.5. The number of amides is 2. The normalized spacial score (nSPS) is 25.4. The predicted molar refractivity (Wildman–Crippen MR) is 128 cm³/mol. The third-order valence-electron chi connectivity index (χ3n) is 5.83. The van der Waals surface area contributed by atoms with Gasteiger partial charge in [0, 0.05) is 5.75 Å². The minimum absolute atomic E-state index is 0. The van der Waals surface area contributed by atoms with Crippen molar-refractivity contribution in [1.82, 2.24) is 15.2 Å². The van der Waals surface area contributed by atoms with Gasteiger partial charge in [0.1, 0.15) is 11.4 Å². The van der Waals surface area contributed by atoms with Crippen LogP contribution in [0, 0.1) is 0 Å². The Balaban J connectivity index is 0.00000274. The summed E-state index contributed by atoms with van der Waals surface area (Å²) in [5, 5.41) is 14.4. The van der Waals surface area contributed by atoms with Gasteiger partial charge in [-0.15, -0.1) is 23.1 Å². The Hall–Kier alpha value is -1.56. The number of para-hydroxylation sites is 1. The summed E-state index contributed by atoms with van der Waals surface area (Å²) in [6.45, 7) is 1.84. The van der Waals surface area contributed by atoms with Crippen molar-refractivity contribution in [3.05, 3.63) is 60.2 Å². The van der Waals surface area contributed by atoms with Crippen molar-refractivity contribution in [1.29, 1.82) is 0 Å². The average Bonchev–Trinajstić information content (AvgIpc) is 3.34. The van der Waals surface area contributed by atoms with E-state index >= 15 is 0 Å². The number of carbonyl (C=O) groups is 3. The number of nitrogens with one attached hydrogen (secondary N) is 1. The zero-order valence-electron chi connectivity index (χ0n) is 18.6. The zero-order valence-corrected chi connectivity index (χ0v) is 23.0. The maximum atomic E-state index is 12.8. The van der Waals surface area contributed by atoms with E-state index in [2.05, 4.69) is 10.3 Å². The molecule has 170 valence electrons. The van der Waals surface area contributed by atoms with Crippen molar-refractivity contribution in [2.24, 2.45) is 0 Å². The van der Waals surface area contributed by atoms with Gasteiger partial charge in [-0.2, -0.15) is 0 Å². The Bertz CT molecular complexity index is 1210.